The molecular formula is C27H22NO2+. The van der Waals surface area contributed by atoms with Crippen LogP contribution in [0.3, 0.4) is 0 Å². The molecule has 1 fully saturated rings. The van der Waals surface area contributed by atoms with E-state index in [0.717, 1.165) is 33.6 Å². The molecule has 0 spiro atoms. The summed E-state index contributed by atoms with van der Waals surface area (Å²) in [5, 5.41) is 10.2. The molecule has 1 heterocycles. The number of rotatable bonds is 5. The fourth-order valence-electron chi connectivity index (χ4n) is 4.15. The summed E-state index contributed by atoms with van der Waals surface area (Å²) < 4.78 is 2.05. The van der Waals surface area contributed by atoms with Crippen molar-refractivity contribution in [2.75, 3.05) is 0 Å². The number of aromatic nitrogens is 1. The van der Waals surface area contributed by atoms with Gasteiger partial charge in [-0.05, 0) is 35.4 Å². The Labute approximate surface area is 175 Å². The van der Waals surface area contributed by atoms with Gasteiger partial charge in [-0.3, -0.25) is 0 Å². The molecule has 5 rings (SSSR count). The molecule has 3 aromatic carbocycles. The van der Waals surface area contributed by atoms with Crippen molar-refractivity contribution in [3.05, 3.63) is 103 Å². The predicted molar refractivity (Wildman–Crippen MR) is 118 cm³/mol. The van der Waals surface area contributed by atoms with Gasteiger partial charge in [-0.25, -0.2) is 4.79 Å². The standard InChI is InChI=1S/C27H21NO2/c29-26(30)27(16-17-27)28-24(21-12-6-2-7-13-21)18-23(20-10-4-1-5-11-20)19-25(28)22-14-8-3-9-15-22/h1-15,18-19H,16-17H2/p+1. The van der Waals surface area contributed by atoms with E-state index in [1.165, 1.54) is 0 Å². The lowest BCUT2D eigenvalue weighted by Crippen LogP contribution is -2.54. The maximum atomic E-state index is 12.4. The van der Waals surface area contributed by atoms with Gasteiger partial charge in [0, 0.05) is 36.1 Å². The van der Waals surface area contributed by atoms with Gasteiger partial charge in [0.15, 0.2) is 0 Å². The summed E-state index contributed by atoms with van der Waals surface area (Å²) in [4.78, 5) is 12.4. The topological polar surface area (TPSA) is 41.2 Å². The van der Waals surface area contributed by atoms with Crippen molar-refractivity contribution in [1.82, 2.24) is 0 Å². The summed E-state index contributed by atoms with van der Waals surface area (Å²) in [7, 11) is 0. The van der Waals surface area contributed by atoms with Crippen LogP contribution < -0.4 is 4.57 Å². The molecule has 4 aromatic rings. The quantitative estimate of drug-likeness (QED) is 0.453. The lowest BCUT2D eigenvalue weighted by molar-refractivity contribution is -0.705. The smallest absolute Gasteiger partial charge is 0.376 e. The SMILES string of the molecule is O=C(O)C1([n+]2c(-c3ccccc3)cc(-c3ccccc3)cc2-c2ccccc2)CC1. The van der Waals surface area contributed by atoms with Crippen LogP contribution in [-0.2, 0) is 10.3 Å². The number of carbonyl (C=O) groups is 1. The molecule has 0 atom stereocenters. The second kappa shape index (κ2) is 7.27. The second-order valence-corrected chi connectivity index (χ2v) is 7.78. The van der Waals surface area contributed by atoms with E-state index in [-0.39, 0.29) is 0 Å². The maximum Gasteiger partial charge on any atom is 0.376 e. The van der Waals surface area contributed by atoms with Crippen LogP contribution in [0.1, 0.15) is 12.8 Å². The highest BCUT2D eigenvalue weighted by atomic mass is 16.4. The van der Waals surface area contributed by atoms with Crippen molar-refractivity contribution >= 4 is 5.97 Å². The molecule has 0 bridgehead atoms. The summed E-state index contributed by atoms with van der Waals surface area (Å²) in [6.45, 7) is 0. The van der Waals surface area contributed by atoms with Gasteiger partial charge in [-0.15, -0.1) is 0 Å². The number of hydrogen-bond acceptors (Lipinski definition) is 1. The van der Waals surface area contributed by atoms with E-state index in [2.05, 4.69) is 24.3 Å². The Morgan fingerprint density at radius 2 is 1.03 bits per heavy atom. The van der Waals surface area contributed by atoms with Gasteiger partial charge in [0.05, 0.1) is 0 Å². The molecule has 0 aliphatic heterocycles. The third-order valence-electron chi connectivity index (χ3n) is 5.86. The molecule has 1 saturated carbocycles. The molecule has 1 aliphatic rings. The van der Waals surface area contributed by atoms with Crippen molar-refractivity contribution < 1.29 is 14.5 Å². The molecule has 1 aliphatic carbocycles. The van der Waals surface area contributed by atoms with E-state index >= 15 is 0 Å². The lowest BCUT2D eigenvalue weighted by Gasteiger charge is -2.17. The van der Waals surface area contributed by atoms with E-state index < -0.39 is 11.5 Å². The fourth-order valence-corrected chi connectivity index (χ4v) is 4.15. The summed E-state index contributed by atoms with van der Waals surface area (Å²) in [5.41, 5.74) is 5.17. The van der Waals surface area contributed by atoms with Gasteiger partial charge in [0.25, 0.3) is 5.54 Å². The van der Waals surface area contributed by atoms with E-state index in [0.29, 0.717) is 12.8 Å². The zero-order valence-electron chi connectivity index (χ0n) is 16.5. The minimum absolute atomic E-state index is 0.636. The van der Waals surface area contributed by atoms with E-state index in [1.807, 2.05) is 83.4 Å². The van der Waals surface area contributed by atoms with Crippen molar-refractivity contribution in [3.63, 3.8) is 0 Å². The number of carboxylic acids is 1. The summed E-state index contributed by atoms with van der Waals surface area (Å²) >= 11 is 0. The molecular weight excluding hydrogens is 370 g/mol. The molecule has 1 aromatic heterocycles. The molecule has 0 saturated heterocycles. The van der Waals surface area contributed by atoms with E-state index in [4.69, 9.17) is 0 Å². The average molecular weight is 392 g/mol. The number of aliphatic carboxylic acids is 1. The molecule has 0 amide bonds. The van der Waals surface area contributed by atoms with E-state index in [9.17, 15) is 9.90 Å². The largest absolute Gasteiger partial charge is 0.476 e. The van der Waals surface area contributed by atoms with Crippen molar-refractivity contribution in [2.24, 2.45) is 0 Å². The summed E-state index contributed by atoms with van der Waals surface area (Å²) in [6, 6.07) is 34.6. The Kier molecular flexibility index (Phi) is 4.44. The summed E-state index contributed by atoms with van der Waals surface area (Å²) in [5.74, 6) is -0.769. The molecule has 3 heteroatoms. The van der Waals surface area contributed by atoms with Crippen LogP contribution in [0, 0.1) is 0 Å². The molecule has 30 heavy (non-hydrogen) atoms. The van der Waals surface area contributed by atoms with Crippen LogP contribution in [0.5, 0.6) is 0 Å². The Morgan fingerprint density at radius 3 is 1.40 bits per heavy atom. The Morgan fingerprint density at radius 1 is 0.633 bits per heavy atom. The first-order valence-electron chi connectivity index (χ1n) is 10.2. The minimum Gasteiger partial charge on any atom is -0.476 e. The lowest BCUT2D eigenvalue weighted by atomic mass is 9.97. The highest BCUT2D eigenvalue weighted by Gasteiger charge is 2.62. The average Bonchev–Trinajstić information content (AvgIpc) is 3.62. The van der Waals surface area contributed by atoms with Gasteiger partial charge >= 0.3 is 5.97 Å². The van der Waals surface area contributed by atoms with Crippen molar-refractivity contribution in [1.29, 1.82) is 0 Å². The maximum absolute atomic E-state index is 12.4. The third-order valence-corrected chi connectivity index (χ3v) is 5.86. The zero-order chi connectivity index (χ0) is 20.6. The van der Waals surface area contributed by atoms with Gasteiger partial charge in [0.1, 0.15) is 0 Å². The van der Waals surface area contributed by atoms with Gasteiger partial charge in [-0.2, -0.15) is 4.57 Å². The van der Waals surface area contributed by atoms with Crippen molar-refractivity contribution in [2.45, 2.75) is 18.4 Å². The number of hydrogen-bond donors (Lipinski definition) is 1. The Hall–Kier alpha value is -3.72. The van der Waals surface area contributed by atoms with Crippen LogP contribution in [0.15, 0.2) is 103 Å². The van der Waals surface area contributed by atoms with Gasteiger partial charge in [-0.1, -0.05) is 66.7 Å². The predicted octanol–water partition coefficient (Wildman–Crippen LogP) is 5.55. The second-order valence-electron chi connectivity index (χ2n) is 7.78. The first-order valence-corrected chi connectivity index (χ1v) is 10.2. The Balaban J connectivity index is 1.87. The van der Waals surface area contributed by atoms with Crippen LogP contribution in [-0.4, -0.2) is 11.1 Å². The number of nitrogens with zero attached hydrogens (tertiary/aromatic N) is 1. The molecule has 3 nitrogen and oxygen atoms in total. The minimum atomic E-state index is -0.897. The van der Waals surface area contributed by atoms with Crippen LogP contribution in [0.2, 0.25) is 0 Å². The number of benzene rings is 3. The Bertz CT molecular complexity index is 1140. The highest BCUT2D eigenvalue weighted by molar-refractivity contribution is 5.80. The molecule has 0 unspecified atom stereocenters. The van der Waals surface area contributed by atoms with Gasteiger partial charge in [0.2, 0.25) is 11.4 Å². The molecule has 1 N–H and O–H groups in total. The number of pyridine rings is 1. The first-order chi connectivity index (χ1) is 14.7. The fraction of sp³-hybridized carbons (Fsp3) is 0.111. The normalized spacial score (nSPS) is 14.3. The van der Waals surface area contributed by atoms with Crippen LogP contribution in [0.25, 0.3) is 33.6 Å². The van der Waals surface area contributed by atoms with E-state index in [1.54, 1.807) is 0 Å². The molecule has 146 valence electrons. The third kappa shape index (κ3) is 3.09. The van der Waals surface area contributed by atoms with Gasteiger partial charge < -0.3 is 5.11 Å². The van der Waals surface area contributed by atoms with Crippen LogP contribution >= 0.6 is 0 Å². The summed E-state index contributed by atoms with van der Waals surface area (Å²) in [6.07, 6.45) is 1.27. The molecule has 0 radical (unpaired) electrons. The number of carboxylic acid groups (broad SMARTS) is 1. The highest BCUT2D eigenvalue weighted by Crippen LogP contribution is 2.43. The first kappa shape index (κ1) is 18.3. The van der Waals surface area contributed by atoms with Crippen molar-refractivity contribution in [3.8, 4) is 33.6 Å². The zero-order valence-corrected chi connectivity index (χ0v) is 16.5. The van der Waals surface area contributed by atoms with Crippen LogP contribution in [0.4, 0.5) is 0 Å². The monoisotopic (exact) mass is 392 g/mol.